The van der Waals surface area contributed by atoms with Gasteiger partial charge in [-0.3, -0.25) is 9.69 Å². The zero-order chi connectivity index (χ0) is 20.9. The van der Waals surface area contributed by atoms with E-state index in [0.717, 1.165) is 36.2 Å². The van der Waals surface area contributed by atoms with Crippen molar-refractivity contribution in [1.29, 1.82) is 0 Å². The number of benzene rings is 2. The monoisotopic (exact) mass is 410 g/mol. The van der Waals surface area contributed by atoms with Crippen LogP contribution in [0.1, 0.15) is 27.0 Å². The van der Waals surface area contributed by atoms with Crippen molar-refractivity contribution in [3.63, 3.8) is 0 Å². The van der Waals surface area contributed by atoms with Gasteiger partial charge in [-0.15, -0.1) is 0 Å². The number of rotatable bonds is 2. The van der Waals surface area contributed by atoms with Crippen LogP contribution in [0.25, 0.3) is 0 Å². The number of fused-ring (bicyclic) bond motifs is 1. The molecule has 4 nitrogen and oxygen atoms in total. The van der Waals surface area contributed by atoms with E-state index in [1.54, 1.807) is 0 Å². The number of amides is 1. The molecule has 2 heterocycles. The number of alkyl halides is 3. The maximum absolute atomic E-state index is 13.2. The van der Waals surface area contributed by atoms with Gasteiger partial charge in [0, 0.05) is 31.7 Å². The van der Waals surface area contributed by atoms with Crippen molar-refractivity contribution in [3.05, 3.63) is 70.5 Å². The number of nitrogens with zero attached hydrogens (tertiary/aromatic N) is 1. The van der Waals surface area contributed by atoms with E-state index in [1.807, 2.05) is 29.2 Å². The first-order chi connectivity index (χ1) is 13.8. The molecule has 2 aromatic rings. The molecule has 8 heteroatoms. The molecule has 0 unspecified atom stereocenters. The van der Waals surface area contributed by atoms with Gasteiger partial charge in [-0.25, -0.2) is 4.39 Å². The quantitative estimate of drug-likeness (QED) is 0.769. The van der Waals surface area contributed by atoms with E-state index in [9.17, 15) is 22.4 Å². The molecule has 1 N–H and O–H groups in total. The highest BCUT2D eigenvalue weighted by Gasteiger charge is 2.31. The molecule has 1 saturated heterocycles. The second-order valence-electron chi connectivity index (χ2n) is 6.90. The largest absolute Gasteiger partial charge is 0.416 e. The first kappa shape index (κ1) is 21.3. The number of halogens is 4. The number of hydrogen-bond donors (Lipinski definition) is 1. The summed E-state index contributed by atoms with van der Waals surface area (Å²) >= 11 is 0. The summed E-state index contributed by atoms with van der Waals surface area (Å²) in [6.45, 7) is 3.50. The topological polar surface area (TPSA) is 41.6 Å². The van der Waals surface area contributed by atoms with Crippen LogP contribution in [0.3, 0.4) is 0 Å². The van der Waals surface area contributed by atoms with Crippen molar-refractivity contribution in [2.24, 2.45) is 0 Å². The smallest absolute Gasteiger partial charge is 0.379 e. The summed E-state index contributed by atoms with van der Waals surface area (Å²) < 4.78 is 55.9. The lowest BCUT2D eigenvalue weighted by molar-refractivity contribution is -0.137. The molecular formula is C21H22F4N2O2. The Morgan fingerprint density at radius 3 is 2.48 bits per heavy atom. The van der Waals surface area contributed by atoms with Crippen LogP contribution < -0.4 is 5.32 Å². The Bertz CT molecular complexity index is 849. The van der Waals surface area contributed by atoms with Crippen molar-refractivity contribution in [3.8, 4) is 0 Å². The summed E-state index contributed by atoms with van der Waals surface area (Å²) in [5.41, 5.74) is 1.39. The summed E-state index contributed by atoms with van der Waals surface area (Å²) in [6, 6.07) is 10.4. The zero-order valence-corrected chi connectivity index (χ0v) is 15.8. The van der Waals surface area contributed by atoms with Gasteiger partial charge in [0.05, 0.1) is 18.8 Å². The van der Waals surface area contributed by atoms with Gasteiger partial charge in [-0.1, -0.05) is 18.2 Å². The van der Waals surface area contributed by atoms with Gasteiger partial charge >= 0.3 is 6.18 Å². The van der Waals surface area contributed by atoms with Gasteiger partial charge in [-0.05, 0) is 41.8 Å². The third-order valence-corrected chi connectivity index (χ3v) is 4.74. The van der Waals surface area contributed by atoms with Crippen LogP contribution in [0.15, 0.2) is 42.5 Å². The van der Waals surface area contributed by atoms with E-state index in [1.165, 1.54) is 0 Å². The van der Waals surface area contributed by atoms with Gasteiger partial charge in [0.2, 0.25) is 0 Å². The van der Waals surface area contributed by atoms with E-state index in [4.69, 9.17) is 4.74 Å². The second kappa shape index (κ2) is 9.37. The van der Waals surface area contributed by atoms with E-state index >= 15 is 0 Å². The van der Waals surface area contributed by atoms with Crippen molar-refractivity contribution in [2.75, 3.05) is 32.8 Å². The maximum Gasteiger partial charge on any atom is 0.416 e. The average molecular weight is 410 g/mol. The fourth-order valence-corrected chi connectivity index (χ4v) is 3.29. The Balaban J connectivity index is 0.000000186. The molecule has 156 valence electrons. The Kier molecular flexibility index (Phi) is 6.87. The van der Waals surface area contributed by atoms with E-state index in [-0.39, 0.29) is 5.91 Å². The van der Waals surface area contributed by atoms with Gasteiger partial charge < -0.3 is 10.1 Å². The Morgan fingerprint density at radius 1 is 1.07 bits per heavy atom. The highest BCUT2D eigenvalue weighted by molar-refractivity contribution is 5.96. The highest BCUT2D eigenvalue weighted by Crippen LogP contribution is 2.30. The van der Waals surface area contributed by atoms with Crippen LogP contribution in [0.4, 0.5) is 17.6 Å². The van der Waals surface area contributed by atoms with Crippen LogP contribution >= 0.6 is 0 Å². The summed E-state index contributed by atoms with van der Waals surface area (Å²) in [7, 11) is 0. The Morgan fingerprint density at radius 2 is 1.79 bits per heavy atom. The molecule has 0 spiro atoms. The summed E-state index contributed by atoms with van der Waals surface area (Å²) in [6.07, 6.45) is -3.55. The molecule has 2 aliphatic heterocycles. The van der Waals surface area contributed by atoms with Crippen molar-refractivity contribution >= 4 is 5.91 Å². The fourth-order valence-electron chi connectivity index (χ4n) is 3.29. The minimum atomic E-state index is -4.51. The predicted molar refractivity (Wildman–Crippen MR) is 100.0 cm³/mol. The molecule has 1 fully saturated rings. The highest BCUT2D eigenvalue weighted by atomic mass is 19.4. The van der Waals surface area contributed by atoms with Gasteiger partial charge in [0.15, 0.2) is 0 Å². The molecule has 0 atom stereocenters. The molecule has 2 aromatic carbocycles. The van der Waals surface area contributed by atoms with Gasteiger partial charge in [0.1, 0.15) is 5.82 Å². The molecule has 0 aliphatic carbocycles. The van der Waals surface area contributed by atoms with Gasteiger partial charge in [0.25, 0.3) is 5.91 Å². The van der Waals surface area contributed by atoms with Crippen LogP contribution in [0.5, 0.6) is 0 Å². The molecule has 0 aromatic heterocycles. The van der Waals surface area contributed by atoms with Crippen LogP contribution in [-0.2, 0) is 23.9 Å². The maximum atomic E-state index is 13.2. The summed E-state index contributed by atoms with van der Waals surface area (Å²) in [5.74, 6) is -0.792. The van der Waals surface area contributed by atoms with Crippen molar-refractivity contribution in [2.45, 2.75) is 19.1 Å². The van der Waals surface area contributed by atoms with Crippen LogP contribution in [0, 0.1) is 5.82 Å². The first-order valence-corrected chi connectivity index (χ1v) is 9.36. The van der Waals surface area contributed by atoms with E-state index < -0.39 is 17.6 Å². The number of ether oxygens (including phenoxy) is 1. The Labute approximate surface area is 166 Å². The minimum Gasteiger partial charge on any atom is -0.379 e. The summed E-state index contributed by atoms with van der Waals surface area (Å²) in [5, 5.41) is 2.80. The minimum absolute atomic E-state index is 0.0619. The third kappa shape index (κ3) is 6.01. The number of nitrogens with one attached hydrogen (secondary N) is 1. The number of carbonyl (C=O) groups is 1. The molecular weight excluding hydrogens is 388 g/mol. The van der Waals surface area contributed by atoms with Gasteiger partial charge in [-0.2, -0.15) is 13.2 Å². The SMILES string of the molecule is Fc1cc(CN2CCOCC2)cc(C(F)(F)F)c1.O=C1NCCc2ccccc21. The Hall–Kier alpha value is -2.45. The van der Waals surface area contributed by atoms with Crippen molar-refractivity contribution in [1.82, 2.24) is 10.2 Å². The van der Waals surface area contributed by atoms with Crippen LogP contribution in [-0.4, -0.2) is 43.7 Å². The summed E-state index contributed by atoms with van der Waals surface area (Å²) in [4.78, 5) is 13.1. The standard InChI is InChI=1S/C12H13F4NO.C9H9NO/c13-11-6-9(5-10(7-11)12(14,15)16)8-17-1-3-18-4-2-17;11-9-8-4-2-1-3-7(8)5-6-10-9/h5-7H,1-4,8H2;1-4H,5-6H2,(H,10,11). The lowest BCUT2D eigenvalue weighted by Crippen LogP contribution is -2.35. The zero-order valence-electron chi connectivity index (χ0n) is 15.8. The average Bonchev–Trinajstić information content (AvgIpc) is 2.69. The number of carbonyl (C=O) groups excluding carboxylic acids is 1. The molecule has 4 rings (SSSR count). The molecule has 29 heavy (non-hydrogen) atoms. The van der Waals surface area contributed by atoms with Crippen LogP contribution in [0.2, 0.25) is 0 Å². The number of morpholine rings is 1. The lowest BCUT2D eigenvalue weighted by atomic mass is 10.0. The molecule has 0 saturated carbocycles. The number of hydrogen-bond acceptors (Lipinski definition) is 3. The fraction of sp³-hybridized carbons (Fsp3) is 0.381. The van der Waals surface area contributed by atoms with E-state index in [2.05, 4.69) is 5.32 Å². The first-order valence-electron chi connectivity index (χ1n) is 9.36. The molecule has 2 aliphatic rings. The van der Waals surface area contributed by atoms with Crippen molar-refractivity contribution < 1.29 is 27.1 Å². The molecule has 0 radical (unpaired) electrons. The molecule has 0 bridgehead atoms. The molecule has 1 amide bonds. The predicted octanol–water partition coefficient (Wildman–Crippen LogP) is 3.65. The van der Waals surface area contributed by atoms with E-state index in [0.29, 0.717) is 44.5 Å². The third-order valence-electron chi connectivity index (χ3n) is 4.74. The second-order valence-corrected chi connectivity index (χ2v) is 6.90. The lowest BCUT2D eigenvalue weighted by Gasteiger charge is -2.26. The normalized spacial score (nSPS) is 17.0.